The molecule has 1 N–H and O–H groups in total. The standard InChI is InChI=1S/C15H11ClN4OS/c1-9-2-7-12(17-8-9)18-15(21)13-14(22-20-19-13)10-3-5-11(16)6-4-10/h2-8H,1H3,(H,17,18,21). The van der Waals surface area contributed by atoms with Gasteiger partial charge in [-0.05, 0) is 47.8 Å². The van der Waals surface area contributed by atoms with Crippen LogP contribution in [0, 0.1) is 6.92 Å². The minimum absolute atomic E-state index is 0.273. The van der Waals surface area contributed by atoms with Crippen molar-refractivity contribution in [2.24, 2.45) is 0 Å². The number of aromatic nitrogens is 3. The average Bonchev–Trinajstić information content (AvgIpc) is 3.00. The van der Waals surface area contributed by atoms with E-state index in [0.717, 1.165) is 22.7 Å². The number of nitrogens with zero attached hydrogens (tertiary/aromatic N) is 3. The summed E-state index contributed by atoms with van der Waals surface area (Å²) < 4.78 is 3.88. The van der Waals surface area contributed by atoms with E-state index in [1.165, 1.54) is 0 Å². The minimum atomic E-state index is -0.338. The Morgan fingerprint density at radius 2 is 1.95 bits per heavy atom. The molecule has 0 aliphatic carbocycles. The average molecular weight is 331 g/mol. The first-order valence-electron chi connectivity index (χ1n) is 6.46. The van der Waals surface area contributed by atoms with Crippen LogP contribution >= 0.6 is 23.1 Å². The number of hydrogen-bond acceptors (Lipinski definition) is 5. The maximum absolute atomic E-state index is 12.3. The van der Waals surface area contributed by atoms with Gasteiger partial charge >= 0.3 is 0 Å². The van der Waals surface area contributed by atoms with E-state index in [0.29, 0.717) is 15.7 Å². The highest BCUT2D eigenvalue weighted by atomic mass is 35.5. The second kappa shape index (κ2) is 6.21. The summed E-state index contributed by atoms with van der Waals surface area (Å²) >= 11 is 7.04. The van der Waals surface area contributed by atoms with Gasteiger partial charge in [0.1, 0.15) is 5.82 Å². The van der Waals surface area contributed by atoms with E-state index >= 15 is 0 Å². The predicted octanol–water partition coefficient (Wildman–Crippen LogP) is 3.81. The highest BCUT2D eigenvalue weighted by Crippen LogP contribution is 2.27. The molecule has 3 rings (SSSR count). The normalized spacial score (nSPS) is 10.5. The van der Waals surface area contributed by atoms with Crippen LogP contribution in [0.3, 0.4) is 0 Å². The first-order chi connectivity index (χ1) is 10.6. The Bertz CT molecular complexity index is 799. The molecule has 0 radical (unpaired) electrons. The van der Waals surface area contributed by atoms with Gasteiger partial charge in [0.05, 0.1) is 4.88 Å². The smallest absolute Gasteiger partial charge is 0.278 e. The third kappa shape index (κ3) is 3.13. The van der Waals surface area contributed by atoms with Crippen LogP contribution in [0.5, 0.6) is 0 Å². The fraction of sp³-hybridized carbons (Fsp3) is 0.0667. The Kier molecular flexibility index (Phi) is 4.13. The Morgan fingerprint density at radius 3 is 2.64 bits per heavy atom. The predicted molar refractivity (Wildman–Crippen MR) is 87.3 cm³/mol. The summed E-state index contributed by atoms with van der Waals surface area (Å²) in [5, 5.41) is 7.28. The molecule has 3 aromatic rings. The summed E-state index contributed by atoms with van der Waals surface area (Å²) in [7, 11) is 0. The molecule has 0 unspecified atom stereocenters. The van der Waals surface area contributed by atoms with Gasteiger partial charge in [-0.2, -0.15) is 0 Å². The van der Waals surface area contributed by atoms with Gasteiger partial charge in [0, 0.05) is 11.2 Å². The minimum Gasteiger partial charge on any atom is -0.305 e. The number of anilines is 1. The van der Waals surface area contributed by atoms with Gasteiger partial charge in [-0.1, -0.05) is 34.3 Å². The monoisotopic (exact) mass is 330 g/mol. The number of hydrogen-bond donors (Lipinski definition) is 1. The fourth-order valence-corrected chi connectivity index (χ4v) is 2.64. The Hall–Kier alpha value is -2.31. The first kappa shape index (κ1) is 14.6. The lowest BCUT2D eigenvalue weighted by Crippen LogP contribution is -2.14. The van der Waals surface area contributed by atoms with Gasteiger partial charge in [0.25, 0.3) is 5.91 Å². The van der Waals surface area contributed by atoms with Crippen molar-refractivity contribution in [2.45, 2.75) is 6.92 Å². The van der Waals surface area contributed by atoms with Crippen molar-refractivity contribution in [3.05, 3.63) is 58.9 Å². The van der Waals surface area contributed by atoms with Crippen LogP contribution in [-0.4, -0.2) is 20.5 Å². The lowest BCUT2D eigenvalue weighted by molar-refractivity contribution is 0.102. The lowest BCUT2D eigenvalue weighted by Gasteiger charge is -2.04. The molecule has 0 spiro atoms. The van der Waals surface area contributed by atoms with Gasteiger partial charge in [0.2, 0.25) is 0 Å². The highest BCUT2D eigenvalue weighted by molar-refractivity contribution is 7.09. The van der Waals surface area contributed by atoms with E-state index in [1.807, 2.05) is 25.1 Å². The number of aryl methyl sites for hydroxylation is 1. The number of carbonyl (C=O) groups excluding carboxylic acids is 1. The summed E-state index contributed by atoms with van der Waals surface area (Å²) in [5.41, 5.74) is 2.14. The van der Waals surface area contributed by atoms with Crippen molar-refractivity contribution >= 4 is 34.9 Å². The molecular weight excluding hydrogens is 320 g/mol. The molecule has 5 nitrogen and oxygen atoms in total. The Balaban J connectivity index is 1.86. The molecule has 7 heteroatoms. The molecule has 0 atom stereocenters. The molecule has 0 saturated carbocycles. The highest BCUT2D eigenvalue weighted by Gasteiger charge is 2.18. The van der Waals surface area contributed by atoms with E-state index in [1.54, 1.807) is 24.4 Å². The molecule has 1 aromatic carbocycles. The molecule has 0 fully saturated rings. The Labute approximate surface area is 136 Å². The number of halogens is 1. The number of benzene rings is 1. The van der Waals surface area contributed by atoms with Crippen LogP contribution in [0.15, 0.2) is 42.6 Å². The molecule has 0 bridgehead atoms. The first-order valence-corrected chi connectivity index (χ1v) is 7.61. The molecule has 0 saturated heterocycles. The van der Waals surface area contributed by atoms with Gasteiger partial charge in [-0.3, -0.25) is 4.79 Å². The van der Waals surface area contributed by atoms with E-state index < -0.39 is 0 Å². The van der Waals surface area contributed by atoms with Crippen LogP contribution in [0.4, 0.5) is 5.82 Å². The number of amides is 1. The van der Waals surface area contributed by atoms with Crippen LogP contribution in [-0.2, 0) is 0 Å². The molecule has 2 heterocycles. The molecule has 2 aromatic heterocycles. The molecule has 110 valence electrons. The van der Waals surface area contributed by atoms with Crippen LogP contribution in [0.25, 0.3) is 10.4 Å². The molecule has 1 amide bonds. The van der Waals surface area contributed by atoms with E-state index in [-0.39, 0.29) is 11.6 Å². The zero-order valence-electron chi connectivity index (χ0n) is 11.6. The maximum Gasteiger partial charge on any atom is 0.278 e. The van der Waals surface area contributed by atoms with E-state index in [4.69, 9.17) is 11.6 Å². The van der Waals surface area contributed by atoms with Crippen molar-refractivity contribution in [3.8, 4) is 10.4 Å². The zero-order chi connectivity index (χ0) is 15.5. The van der Waals surface area contributed by atoms with E-state index in [9.17, 15) is 4.79 Å². The summed E-state index contributed by atoms with van der Waals surface area (Å²) in [6.07, 6.45) is 1.69. The molecule has 0 aliphatic rings. The summed E-state index contributed by atoms with van der Waals surface area (Å²) in [4.78, 5) is 17.2. The van der Waals surface area contributed by atoms with Gasteiger partial charge in [-0.15, -0.1) is 5.10 Å². The Morgan fingerprint density at radius 1 is 1.18 bits per heavy atom. The number of rotatable bonds is 3. The molecular formula is C15H11ClN4OS. The molecule has 0 aliphatic heterocycles. The summed E-state index contributed by atoms with van der Waals surface area (Å²) in [6.45, 7) is 1.93. The quantitative estimate of drug-likeness (QED) is 0.792. The third-order valence-electron chi connectivity index (χ3n) is 2.96. The van der Waals surface area contributed by atoms with Crippen LogP contribution in [0.2, 0.25) is 5.02 Å². The fourth-order valence-electron chi connectivity index (χ4n) is 1.85. The van der Waals surface area contributed by atoms with Gasteiger partial charge in [0.15, 0.2) is 5.69 Å². The number of nitrogens with one attached hydrogen (secondary N) is 1. The van der Waals surface area contributed by atoms with Gasteiger partial charge in [-0.25, -0.2) is 4.98 Å². The maximum atomic E-state index is 12.3. The van der Waals surface area contributed by atoms with Crippen molar-refractivity contribution in [3.63, 3.8) is 0 Å². The largest absolute Gasteiger partial charge is 0.305 e. The van der Waals surface area contributed by atoms with Crippen LogP contribution in [0.1, 0.15) is 16.1 Å². The number of carbonyl (C=O) groups is 1. The summed E-state index contributed by atoms with van der Waals surface area (Å²) in [5.74, 6) is 0.140. The SMILES string of the molecule is Cc1ccc(NC(=O)c2nnsc2-c2ccc(Cl)cc2)nc1. The van der Waals surface area contributed by atoms with Crippen molar-refractivity contribution in [2.75, 3.05) is 5.32 Å². The second-order valence-corrected chi connectivity index (χ2v) is 5.82. The van der Waals surface area contributed by atoms with Crippen LogP contribution < -0.4 is 5.32 Å². The van der Waals surface area contributed by atoms with Crippen molar-refractivity contribution < 1.29 is 4.79 Å². The molecule has 22 heavy (non-hydrogen) atoms. The zero-order valence-corrected chi connectivity index (χ0v) is 13.1. The lowest BCUT2D eigenvalue weighted by atomic mass is 10.1. The van der Waals surface area contributed by atoms with E-state index in [2.05, 4.69) is 19.9 Å². The van der Waals surface area contributed by atoms with Crippen molar-refractivity contribution in [1.82, 2.24) is 14.6 Å². The summed E-state index contributed by atoms with van der Waals surface area (Å²) in [6, 6.07) is 10.8. The second-order valence-electron chi connectivity index (χ2n) is 4.63. The van der Waals surface area contributed by atoms with Crippen molar-refractivity contribution in [1.29, 1.82) is 0 Å². The topological polar surface area (TPSA) is 67.8 Å². The number of pyridine rings is 1. The van der Waals surface area contributed by atoms with Gasteiger partial charge < -0.3 is 5.32 Å². The third-order valence-corrected chi connectivity index (χ3v) is 3.99.